The van der Waals surface area contributed by atoms with Crippen molar-refractivity contribution in [3.63, 3.8) is 0 Å². The quantitative estimate of drug-likeness (QED) is 0.806. The molecule has 2 aromatic heterocycles. The summed E-state index contributed by atoms with van der Waals surface area (Å²) in [6.45, 7) is 4.46. The monoisotopic (exact) mass is 306 g/mol. The number of nitrogens with zero attached hydrogens (tertiary/aromatic N) is 3. The molecule has 0 atom stereocenters. The van der Waals surface area contributed by atoms with Crippen LogP contribution in [0.2, 0.25) is 0 Å². The first-order valence-corrected chi connectivity index (χ1v) is 7.44. The lowest BCUT2D eigenvalue weighted by molar-refractivity contribution is 0.0951. The molecule has 0 fully saturated rings. The van der Waals surface area contributed by atoms with Gasteiger partial charge < -0.3 is 5.32 Å². The largest absolute Gasteiger partial charge is 0.348 e. The normalized spacial score (nSPS) is 10.5. The van der Waals surface area contributed by atoms with Crippen LogP contribution >= 0.6 is 0 Å². The summed E-state index contributed by atoms with van der Waals surface area (Å²) in [7, 11) is 0. The summed E-state index contributed by atoms with van der Waals surface area (Å²) in [4.78, 5) is 16.1. The van der Waals surface area contributed by atoms with E-state index in [9.17, 15) is 4.79 Å². The third kappa shape index (κ3) is 3.45. The zero-order valence-corrected chi connectivity index (χ0v) is 13.2. The van der Waals surface area contributed by atoms with Crippen molar-refractivity contribution in [1.29, 1.82) is 0 Å². The van der Waals surface area contributed by atoms with Gasteiger partial charge in [-0.15, -0.1) is 0 Å². The second kappa shape index (κ2) is 6.44. The van der Waals surface area contributed by atoms with E-state index in [1.54, 1.807) is 12.4 Å². The Morgan fingerprint density at radius 1 is 1.09 bits per heavy atom. The fourth-order valence-electron chi connectivity index (χ4n) is 2.43. The molecule has 23 heavy (non-hydrogen) atoms. The third-order valence-corrected chi connectivity index (χ3v) is 3.59. The third-order valence-electron chi connectivity index (χ3n) is 3.59. The van der Waals surface area contributed by atoms with Crippen LogP contribution in [0.5, 0.6) is 0 Å². The molecular formula is C18H18N4O. The van der Waals surface area contributed by atoms with Crippen LogP contribution < -0.4 is 5.32 Å². The molecule has 116 valence electrons. The Morgan fingerprint density at radius 3 is 2.39 bits per heavy atom. The Labute approximate surface area is 135 Å². The topological polar surface area (TPSA) is 59.8 Å². The number of nitrogens with one attached hydrogen (secondary N) is 1. The molecule has 0 saturated heterocycles. The number of aryl methyl sites for hydroxylation is 2. The van der Waals surface area contributed by atoms with Gasteiger partial charge in [0.1, 0.15) is 0 Å². The van der Waals surface area contributed by atoms with Gasteiger partial charge in [0, 0.05) is 30.2 Å². The smallest absolute Gasteiger partial charge is 0.251 e. The van der Waals surface area contributed by atoms with E-state index in [4.69, 9.17) is 0 Å². The second-order valence-corrected chi connectivity index (χ2v) is 5.42. The predicted octanol–water partition coefficient (Wildman–Crippen LogP) is 2.81. The lowest BCUT2D eigenvalue weighted by atomic mass is 10.2. The van der Waals surface area contributed by atoms with Gasteiger partial charge in [0.15, 0.2) is 0 Å². The molecule has 0 unspecified atom stereocenters. The van der Waals surface area contributed by atoms with Crippen LogP contribution in [0.15, 0.2) is 54.9 Å². The van der Waals surface area contributed by atoms with E-state index in [0.29, 0.717) is 12.1 Å². The van der Waals surface area contributed by atoms with Crippen LogP contribution in [0.1, 0.15) is 27.3 Å². The van der Waals surface area contributed by atoms with Gasteiger partial charge in [0.25, 0.3) is 5.91 Å². The first kappa shape index (κ1) is 15.0. The first-order chi connectivity index (χ1) is 11.1. The van der Waals surface area contributed by atoms with Crippen LogP contribution in [0.3, 0.4) is 0 Å². The summed E-state index contributed by atoms with van der Waals surface area (Å²) in [6.07, 6.45) is 3.43. The van der Waals surface area contributed by atoms with Crippen LogP contribution in [0, 0.1) is 13.8 Å². The van der Waals surface area contributed by atoms with E-state index in [-0.39, 0.29) is 5.91 Å². The second-order valence-electron chi connectivity index (χ2n) is 5.42. The van der Waals surface area contributed by atoms with E-state index in [1.165, 1.54) is 0 Å². The fourth-order valence-corrected chi connectivity index (χ4v) is 2.43. The molecule has 1 amide bonds. The van der Waals surface area contributed by atoms with Crippen LogP contribution in [0.4, 0.5) is 0 Å². The maximum atomic E-state index is 12.2. The van der Waals surface area contributed by atoms with E-state index < -0.39 is 0 Å². The highest BCUT2D eigenvalue weighted by atomic mass is 16.1. The molecule has 1 N–H and O–H groups in total. The average Bonchev–Trinajstić information content (AvgIpc) is 2.92. The van der Waals surface area contributed by atoms with Crippen molar-refractivity contribution >= 4 is 5.91 Å². The molecular weight excluding hydrogens is 288 g/mol. The molecule has 0 radical (unpaired) electrons. The van der Waals surface area contributed by atoms with Gasteiger partial charge in [-0.2, -0.15) is 5.10 Å². The maximum absolute atomic E-state index is 12.2. The van der Waals surface area contributed by atoms with Crippen molar-refractivity contribution < 1.29 is 4.79 Å². The highest BCUT2D eigenvalue weighted by Crippen LogP contribution is 2.13. The minimum Gasteiger partial charge on any atom is -0.348 e. The van der Waals surface area contributed by atoms with Crippen molar-refractivity contribution in [1.82, 2.24) is 20.1 Å². The van der Waals surface area contributed by atoms with Crippen molar-refractivity contribution in [2.75, 3.05) is 0 Å². The summed E-state index contributed by atoms with van der Waals surface area (Å²) in [5.74, 6) is -0.0956. The molecule has 0 aliphatic carbocycles. The molecule has 5 heteroatoms. The summed E-state index contributed by atoms with van der Waals surface area (Å²) >= 11 is 0. The number of carbonyl (C=O) groups excluding carboxylic acids is 1. The van der Waals surface area contributed by atoms with Crippen molar-refractivity contribution in [3.8, 4) is 5.69 Å². The molecule has 0 aliphatic rings. The average molecular weight is 306 g/mol. The Hall–Kier alpha value is -2.95. The first-order valence-electron chi connectivity index (χ1n) is 7.44. The lowest BCUT2D eigenvalue weighted by Gasteiger charge is -2.07. The van der Waals surface area contributed by atoms with E-state index >= 15 is 0 Å². The Kier molecular flexibility index (Phi) is 4.19. The van der Waals surface area contributed by atoms with E-state index in [0.717, 1.165) is 22.6 Å². The van der Waals surface area contributed by atoms with Crippen LogP contribution in [0.25, 0.3) is 5.69 Å². The standard InChI is InChI=1S/C18H18N4O/c1-13-11-14(2)22(21-13)17-5-3-16(4-6-17)18(23)20-12-15-7-9-19-10-8-15/h3-11H,12H2,1-2H3,(H,20,23). The maximum Gasteiger partial charge on any atom is 0.251 e. The van der Waals surface area contributed by atoms with Crippen LogP contribution in [-0.2, 0) is 6.54 Å². The van der Waals surface area contributed by atoms with Gasteiger partial charge >= 0.3 is 0 Å². The minimum atomic E-state index is -0.0956. The molecule has 0 aliphatic heterocycles. The van der Waals surface area contributed by atoms with E-state index in [2.05, 4.69) is 15.4 Å². The Morgan fingerprint density at radius 2 is 1.78 bits per heavy atom. The lowest BCUT2D eigenvalue weighted by Crippen LogP contribution is -2.22. The minimum absolute atomic E-state index is 0.0956. The SMILES string of the molecule is Cc1cc(C)n(-c2ccc(C(=O)NCc3ccncc3)cc2)n1. The van der Waals surface area contributed by atoms with Crippen molar-refractivity contribution in [2.24, 2.45) is 0 Å². The molecule has 1 aromatic carbocycles. The number of benzene rings is 1. The highest BCUT2D eigenvalue weighted by molar-refractivity contribution is 5.94. The van der Waals surface area contributed by atoms with Crippen LogP contribution in [-0.4, -0.2) is 20.7 Å². The molecule has 0 saturated carbocycles. The molecule has 3 rings (SSSR count). The Bertz CT molecular complexity index is 807. The van der Waals surface area contributed by atoms with Gasteiger partial charge in [-0.25, -0.2) is 4.68 Å². The summed E-state index contributed by atoms with van der Waals surface area (Å²) in [6, 6.07) is 13.2. The van der Waals surface area contributed by atoms with Gasteiger partial charge in [-0.3, -0.25) is 9.78 Å². The van der Waals surface area contributed by atoms with Gasteiger partial charge in [0.05, 0.1) is 11.4 Å². The molecule has 3 aromatic rings. The highest BCUT2D eigenvalue weighted by Gasteiger charge is 2.07. The number of hydrogen-bond acceptors (Lipinski definition) is 3. The van der Waals surface area contributed by atoms with Gasteiger partial charge in [-0.1, -0.05) is 0 Å². The molecule has 0 bridgehead atoms. The number of amides is 1. The Balaban J connectivity index is 1.69. The zero-order valence-electron chi connectivity index (χ0n) is 13.2. The zero-order chi connectivity index (χ0) is 16.2. The molecule has 5 nitrogen and oxygen atoms in total. The van der Waals surface area contributed by atoms with Gasteiger partial charge in [-0.05, 0) is 61.9 Å². The fraction of sp³-hybridized carbons (Fsp3) is 0.167. The van der Waals surface area contributed by atoms with Crippen molar-refractivity contribution in [2.45, 2.75) is 20.4 Å². The van der Waals surface area contributed by atoms with E-state index in [1.807, 2.05) is 61.0 Å². The number of pyridine rings is 1. The number of hydrogen-bond donors (Lipinski definition) is 1. The summed E-state index contributed by atoms with van der Waals surface area (Å²) in [5, 5.41) is 7.34. The molecule has 0 spiro atoms. The number of rotatable bonds is 4. The number of carbonyl (C=O) groups is 1. The summed E-state index contributed by atoms with van der Waals surface area (Å²) in [5.41, 5.74) is 4.64. The predicted molar refractivity (Wildman–Crippen MR) is 88.4 cm³/mol. The van der Waals surface area contributed by atoms with Crippen molar-refractivity contribution in [3.05, 3.63) is 77.4 Å². The number of aromatic nitrogens is 3. The molecule has 2 heterocycles. The summed E-state index contributed by atoms with van der Waals surface area (Å²) < 4.78 is 1.87. The van der Waals surface area contributed by atoms with Gasteiger partial charge in [0.2, 0.25) is 0 Å².